The quantitative estimate of drug-likeness (QED) is 0.613. The third-order valence-electron chi connectivity index (χ3n) is 3.70. The van der Waals surface area contributed by atoms with Crippen molar-refractivity contribution in [2.75, 3.05) is 5.32 Å². The third kappa shape index (κ3) is 3.72. The minimum atomic E-state index is -0.112. The molecule has 0 aliphatic carbocycles. The molecule has 0 aliphatic rings. The van der Waals surface area contributed by atoms with Gasteiger partial charge in [-0.25, -0.2) is 4.98 Å². The van der Waals surface area contributed by atoms with Crippen LogP contribution in [0.1, 0.15) is 30.9 Å². The Labute approximate surface area is 154 Å². The summed E-state index contributed by atoms with van der Waals surface area (Å²) < 4.78 is 0.778. The summed E-state index contributed by atoms with van der Waals surface area (Å²) in [5.41, 5.74) is 2.84. The number of hydrogen-bond donors (Lipinski definition) is 1. The Morgan fingerprint density at radius 3 is 2.42 bits per heavy atom. The van der Waals surface area contributed by atoms with Crippen molar-refractivity contribution in [2.24, 2.45) is 0 Å². The van der Waals surface area contributed by atoms with Crippen molar-refractivity contribution in [1.29, 1.82) is 0 Å². The molecule has 1 aromatic heterocycles. The minimum Gasteiger partial charge on any atom is -0.302 e. The molecule has 1 N–H and O–H groups in total. The van der Waals surface area contributed by atoms with Gasteiger partial charge >= 0.3 is 0 Å². The minimum absolute atomic E-state index is 0.112. The van der Waals surface area contributed by atoms with Crippen LogP contribution in [-0.4, -0.2) is 10.9 Å². The summed E-state index contributed by atoms with van der Waals surface area (Å²) in [6.07, 6.45) is 0.301. The fourth-order valence-corrected chi connectivity index (χ4v) is 3.80. The van der Waals surface area contributed by atoms with Gasteiger partial charge in [0, 0.05) is 0 Å². The van der Waals surface area contributed by atoms with Gasteiger partial charge in [0.05, 0.1) is 21.2 Å². The molecule has 0 saturated carbocycles. The highest BCUT2D eigenvalue weighted by Crippen LogP contribution is 2.36. The number of nitrogens with zero attached hydrogens (tertiary/aromatic N) is 1. The Kier molecular flexibility index (Phi) is 5.09. The number of aromatic nitrogens is 1. The second kappa shape index (κ2) is 7.09. The van der Waals surface area contributed by atoms with Gasteiger partial charge in [0.1, 0.15) is 5.52 Å². The summed E-state index contributed by atoms with van der Waals surface area (Å²) >= 11 is 13.6. The lowest BCUT2D eigenvalue weighted by Gasteiger charge is -2.06. The fraction of sp³-hybridized carbons (Fsp3) is 0.222. The number of anilines is 1. The maximum Gasteiger partial charge on any atom is 0.230 e. The maximum absolute atomic E-state index is 12.2. The lowest BCUT2D eigenvalue weighted by molar-refractivity contribution is -0.115. The zero-order chi connectivity index (χ0) is 17.3. The Bertz CT molecular complexity index is 849. The van der Waals surface area contributed by atoms with Crippen LogP contribution in [0.4, 0.5) is 5.13 Å². The Balaban J connectivity index is 1.73. The van der Waals surface area contributed by atoms with E-state index in [0.717, 1.165) is 10.3 Å². The summed E-state index contributed by atoms with van der Waals surface area (Å²) in [4.78, 5) is 16.6. The molecule has 1 amide bonds. The molecule has 3 nitrogen and oxygen atoms in total. The fourth-order valence-electron chi connectivity index (χ4n) is 2.37. The van der Waals surface area contributed by atoms with Gasteiger partial charge in [-0.15, -0.1) is 0 Å². The maximum atomic E-state index is 12.2. The second-order valence-electron chi connectivity index (χ2n) is 5.85. The number of thiazole rings is 1. The van der Waals surface area contributed by atoms with Gasteiger partial charge in [0.25, 0.3) is 0 Å². The van der Waals surface area contributed by atoms with Gasteiger partial charge in [-0.05, 0) is 29.2 Å². The third-order valence-corrected chi connectivity index (χ3v) is 5.44. The highest BCUT2D eigenvalue weighted by Gasteiger charge is 2.13. The first-order valence-corrected chi connectivity index (χ1v) is 9.14. The summed E-state index contributed by atoms with van der Waals surface area (Å²) in [5, 5.41) is 4.43. The first kappa shape index (κ1) is 17.2. The molecule has 124 valence electrons. The Hall–Kier alpha value is -1.62. The number of rotatable bonds is 4. The van der Waals surface area contributed by atoms with Crippen molar-refractivity contribution in [2.45, 2.75) is 26.2 Å². The van der Waals surface area contributed by atoms with Crippen molar-refractivity contribution in [3.63, 3.8) is 0 Å². The molecule has 0 fully saturated rings. The first-order chi connectivity index (χ1) is 11.4. The molecule has 0 radical (unpaired) electrons. The van der Waals surface area contributed by atoms with E-state index in [1.165, 1.54) is 16.9 Å². The molecule has 2 aromatic carbocycles. The lowest BCUT2D eigenvalue weighted by Crippen LogP contribution is -2.14. The van der Waals surface area contributed by atoms with Crippen LogP contribution >= 0.6 is 34.5 Å². The lowest BCUT2D eigenvalue weighted by atomic mass is 10.0. The smallest absolute Gasteiger partial charge is 0.230 e. The molecule has 24 heavy (non-hydrogen) atoms. The zero-order valence-electron chi connectivity index (χ0n) is 13.3. The van der Waals surface area contributed by atoms with E-state index in [-0.39, 0.29) is 5.91 Å². The zero-order valence-corrected chi connectivity index (χ0v) is 15.6. The van der Waals surface area contributed by atoms with Crippen LogP contribution in [0.2, 0.25) is 10.0 Å². The number of carbonyl (C=O) groups excluding carboxylic acids is 1. The van der Waals surface area contributed by atoms with E-state index >= 15 is 0 Å². The van der Waals surface area contributed by atoms with Crippen molar-refractivity contribution >= 4 is 55.8 Å². The molecule has 0 aliphatic heterocycles. The predicted molar refractivity (Wildman–Crippen MR) is 103 cm³/mol. The van der Waals surface area contributed by atoms with E-state index in [9.17, 15) is 4.79 Å². The molecular formula is C18H16Cl2N2OS. The summed E-state index contributed by atoms with van der Waals surface area (Å²) in [7, 11) is 0. The number of benzene rings is 2. The predicted octanol–water partition coefficient (Wildman–Crippen LogP) is 5.91. The molecule has 0 bridgehead atoms. The molecule has 0 atom stereocenters. The van der Waals surface area contributed by atoms with E-state index in [0.29, 0.717) is 33.0 Å². The number of hydrogen-bond acceptors (Lipinski definition) is 3. The van der Waals surface area contributed by atoms with Crippen LogP contribution in [0.25, 0.3) is 10.2 Å². The molecule has 3 aromatic rings. The second-order valence-corrected chi connectivity index (χ2v) is 7.66. The molecule has 0 saturated heterocycles. The van der Waals surface area contributed by atoms with Crippen molar-refractivity contribution in [3.05, 3.63) is 57.6 Å². The largest absolute Gasteiger partial charge is 0.302 e. The van der Waals surface area contributed by atoms with Crippen molar-refractivity contribution < 1.29 is 4.79 Å². The van der Waals surface area contributed by atoms with Crippen LogP contribution < -0.4 is 5.32 Å². The number of amides is 1. The topological polar surface area (TPSA) is 42.0 Å². The van der Waals surface area contributed by atoms with Gasteiger partial charge < -0.3 is 5.32 Å². The molecule has 3 rings (SSSR count). The van der Waals surface area contributed by atoms with Crippen molar-refractivity contribution in [1.82, 2.24) is 4.98 Å². The van der Waals surface area contributed by atoms with Crippen LogP contribution in [-0.2, 0) is 11.2 Å². The van der Waals surface area contributed by atoms with Crippen LogP contribution in [0.3, 0.4) is 0 Å². The summed E-state index contributed by atoms with van der Waals surface area (Å²) in [6, 6.07) is 11.5. The number of halogens is 2. The number of nitrogens with one attached hydrogen (secondary N) is 1. The number of fused-ring (bicyclic) bond motifs is 1. The van der Waals surface area contributed by atoms with E-state index < -0.39 is 0 Å². The molecule has 1 heterocycles. The van der Waals surface area contributed by atoms with E-state index in [1.807, 2.05) is 12.1 Å². The summed E-state index contributed by atoms with van der Waals surface area (Å²) in [6.45, 7) is 4.29. The van der Waals surface area contributed by atoms with Crippen molar-refractivity contribution in [3.8, 4) is 0 Å². The first-order valence-electron chi connectivity index (χ1n) is 7.57. The van der Waals surface area contributed by atoms with Gasteiger partial charge in [-0.1, -0.05) is 72.7 Å². The number of carbonyl (C=O) groups is 1. The van der Waals surface area contributed by atoms with Gasteiger partial charge in [-0.2, -0.15) is 0 Å². The van der Waals surface area contributed by atoms with Crippen LogP contribution in [0, 0.1) is 0 Å². The van der Waals surface area contributed by atoms with Crippen LogP contribution in [0.15, 0.2) is 36.4 Å². The highest BCUT2D eigenvalue weighted by atomic mass is 35.5. The molecule has 6 heteroatoms. The molecule has 0 unspecified atom stereocenters. The SMILES string of the molecule is CC(C)c1ccc(CC(=O)Nc2nc3c(Cl)ccc(Cl)c3s2)cc1. The Morgan fingerprint density at radius 2 is 1.79 bits per heavy atom. The highest BCUT2D eigenvalue weighted by molar-refractivity contribution is 7.23. The molecule has 0 spiro atoms. The van der Waals surface area contributed by atoms with Gasteiger partial charge in [0.15, 0.2) is 5.13 Å². The van der Waals surface area contributed by atoms with Crippen LogP contribution in [0.5, 0.6) is 0 Å². The van der Waals surface area contributed by atoms with E-state index in [1.54, 1.807) is 12.1 Å². The molecular weight excluding hydrogens is 363 g/mol. The van der Waals surface area contributed by atoms with Gasteiger partial charge in [-0.3, -0.25) is 4.79 Å². The monoisotopic (exact) mass is 378 g/mol. The standard InChI is InChI=1S/C18H16Cl2N2OS/c1-10(2)12-5-3-11(4-6-12)9-15(23)21-18-22-16-13(19)7-8-14(20)17(16)24-18/h3-8,10H,9H2,1-2H3,(H,21,22,23). The van der Waals surface area contributed by atoms with E-state index in [2.05, 4.69) is 36.3 Å². The summed E-state index contributed by atoms with van der Waals surface area (Å²) in [5.74, 6) is 0.365. The van der Waals surface area contributed by atoms with E-state index in [4.69, 9.17) is 23.2 Å². The Morgan fingerprint density at radius 1 is 1.12 bits per heavy atom. The average molecular weight is 379 g/mol. The average Bonchev–Trinajstić information content (AvgIpc) is 2.96. The van der Waals surface area contributed by atoms with Gasteiger partial charge in [0.2, 0.25) is 5.91 Å². The normalized spacial score (nSPS) is 11.2.